The molecule has 1 aromatic heterocycles. The van der Waals surface area contributed by atoms with Crippen LogP contribution in [0.3, 0.4) is 0 Å². The summed E-state index contributed by atoms with van der Waals surface area (Å²) in [6.07, 6.45) is 10.9. The molecule has 0 aromatic carbocycles. The molecule has 1 fully saturated rings. The second-order valence-corrected chi connectivity index (χ2v) is 6.47. The van der Waals surface area contributed by atoms with E-state index >= 15 is 0 Å². The number of rotatable bonds is 9. The Morgan fingerprint density at radius 2 is 2.00 bits per heavy atom. The van der Waals surface area contributed by atoms with Crippen LogP contribution >= 0.6 is 24.0 Å². The number of hydrogen-bond acceptors (Lipinski definition) is 4. The summed E-state index contributed by atoms with van der Waals surface area (Å²) < 4.78 is 8.08. The molecule has 0 saturated heterocycles. The molecule has 26 heavy (non-hydrogen) atoms. The number of aryl methyl sites for hydroxylation is 1. The molecule has 1 heterocycles. The van der Waals surface area contributed by atoms with Crippen molar-refractivity contribution < 1.29 is 4.74 Å². The van der Waals surface area contributed by atoms with Gasteiger partial charge in [0, 0.05) is 26.1 Å². The standard InChI is InChI=1S/C18H34N6O.HI/c1-3-17-23-22-15-24(17)13-11-20-18(19-4-2)21-12-14-25-16-9-7-5-6-8-10-16;/h15-16H,3-14H2,1-2H3,(H2,19,20,21);1H. The van der Waals surface area contributed by atoms with Crippen LogP contribution in [0.25, 0.3) is 0 Å². The number of ether oxygens (including phenoxy) is 1. The van der Waals surface area contributed by atoms with Crippen LogP contribution in [0.15, 0.2) is 11.3 Å². The van der Waals surface area contributed by atoms with Gasteiger partial charge in [-0.05, 0) is 19.8 Å². The summed E-state index contributed by atoms with van der Waals surface area (Å²) >= 11 is 0. The highest BCUT2D eigenvalue weighted by Crippen LogP contribution is 2.19. The van der Waals surface area contributed by atoms with Gasteiger partial charge in [-0.3, -0.25) is 4.99 Å². The Morgan fingerprint density at radius 1 is 1.23 bits per heavy atom. The van der Waals surface area contributed by atoms with Crippen molar-refractivity contribution in [3.8, 4) is 0 Å². The fourth-order valence-electron chi connectivity index (χ4n) is 3.16. The lowest BCUT2D eigenvalue weighted by Gasteiger charge is -2.15. The SMILES string of the molecule is CCNC(=NCCOC1CCCCCC1)NCCn1cnnc1CC.I. The molecule has 150 valence electrons. The third-order valence-electron chi connectivity index (χ3n) is 4.52. The van der Waals surface area contributed by atoms with E-state index in [1.807, 2.05) is 0 Å². The largest absolute Gasteiger partial charge is 0.376 e. The smallest absolute Gasteiger partial charge is 0.191 e. The van der Waals surface area contributed by atoms with Crippen molar-refractivity contribution in [1.29, 1.82) is 0 Å². The molecule has 0 aliphatic heterocycles. The summed E-state index contributed by atoms with van der Waals surface area (Å²) in [6, 6.07) is 0. The average Bonchev–Trinajstić information content (AvgIpc) is 2.92. The fraction of sp³-hybridized carbons (Fsp3) is 0.833. The molecule has 0 radical (unpaired) electrons. The molecule has 0 unspecified atom stereocenters. The quantitative estimate of drug-likeness (QED) is 0.188. The summed E-state index contributed by atoms with van der Waals surface area (Å²) in [5.74, 6) is 1.86. The second kappa shape index (κ2) is 14.2. The van der Waals surface area contributed by atoms with Crippen molar-refractivity contribution in [2.24, 2.45) is 4.99 Å². The van der Waals surface area contributed by atoms with Crippen molar-refractivity contribution in [1.82, 2.24) is 25.4 Å². The highest BCUT2D eigenvalue weighted by molar-refractivity contribution is 14.0. The number of guanidine groups is 1. The molecule has 0 amide bonds. The zero-order chi connectivity index (χ0) is 17.7. The topological polar surface area (TPSA) is 76.4 Å². The van der Waals surface area contributed by atoms with Crippen molar-refractivity contribution >= 4 is 29.9 Å². The first-order valence-electron chi connectivity index (χ1n) is 9.84. The van der Waals surface area contributed by atoms with Crippen LogP contribution in [0.4, 0.5) is 0 Å². The van der Waals surface area contributed by atoms with Gasteiger partial charge in [0.1, 0.15) is 12.2 Å². The van der Waals surface area contributed by atoms with E-state index in [2.05, 4.69) is 44.2 Å². The van der Waals surface area contributed by atoms with Crippen LogP contribution in [0, 0.1) is 0 Å². The van der Waals surface area contributed by atoms with E-state index < -0.39 is 0 Å². The lowest BCUT2D eigenvalue weighted by Crippen LogP contribution is -2.39. The normalized spacial score (nSPS) is 16.0. The first kappa shape index (κ1) is 23.1. The third kappa shape index (κ3) is 8.66. The van der Waals surface area contributed by atoms with E-state index in [4.69, 9.17) is 4.74 Å². The van der Waals surface area contributed by atoms with Crippen LogP contribution in [-0.2, 0) is 17.7 Å². The predicted octanol–water partition coefficient (Wildman–Crippen LogP) is 2.75. The Morgan fingerprint density at radius 3 is 2.69 bits per heavy atom. The molecule has 2 rings (SSSR count). The van der Waals surface area contributed by atoms with Gasteiger partial charge in [-0.15, -0.1) is 34.2 Å². The van der Waals surface area contributed by atoms with Gasteiger partial charge >= 0.3 is 0 Å². The summed E-state index contributed by atoms with van der Waals surface area (Å²) in [4.78, 5) is 4.61. The van der Waals surface area contributed by atoms with Gasteiger partial charge in [0.15, 0.2) is 5.96 Å². The molecule has 0 atom stereocenters. The Bertz CT molecular complexity index is 500. The van der Waals surface area contributed by atoms with Crippen LogP contribution in [0.5, 0.6) is 0 Å². The molecule has 7 nitrogen and oxygen atoms in total. The average molecular weight is 478 g/mol. The van der Waals surface area contributed by atoms with E-state index in [0.29, 0.717) is 19.3 Å². The molecule has 0 spiro atoms. The second-order valence-electron chi connectivity index (χ2n) is 6.47. The van der Waals surface area contributed by atoms with Crippen molar-refractivity contribution in [2.75, 3.05) is 26.2 Å². The van der Waals surface area contributed by atoms with Crippen LogP contribution in [-0.4, -0.2) is 53.1 Å². The van der Waals surface area contributed by atoms with Gasteiger partial charge in [0.05, 0.1) is 19.3 Å². The number of aromatic nitrogens is 3. The van der Waals surface area contributed by atoms with Crippen LogP contribution in [0.1, 0.15) is 58.2 Å². The lowest BCUT2D eigenvalue weighted by molar-refractivity contribution is 0.0487. The van der Waals surface area contributed by atoms with Crippen LogP contribution in [0.2, 0.25) is 0 Å². The molecule has 2 N–H and O–H groups in total. The molecule has 1 aliphatic rings. The first-order valence-corrected chi connectivity index (χ1v) is 9.84. The maximum absolute atomic E-state index is 6.00. The number of nitrogens with zero attached hydrogens (tertiary/aromatic N) is 4. The lowest BCUT2D eigenvalue weighted by atomic mass is 10.1. The van der Waals surface area contributed by atoms with E-state index in [1.165, 1.54) is 38.5 Å². The zero-order valence-electron chi connectivity index (χ0n) is 16.2. The number of hydrogen-bond donors (Lipinski definition) is 2. The maximum atomic E-state index is 6.00. The minimum atomic E-state index is 0. The predicted molar refractivity (Wildman–Crippen MR) is 116 cm³/mol. The molecular formula is C18H35IN6O. The fourth-order valence-corrected chi connectivity index (χ4v) is 3.16. The third-order valence-corrected chi connectivity index (χ3v) is 4.52. The van der Waals surface area contributed by atoms with Crippen molar-refractivity contribution in [3.63, 3.8) is 0 Å². The first-order chi connectivity index (χ1) is 12.3. The summed E-state index contributed by atoms with van der Waals surface area (Å²) in [5.41, 5.74) is 0. The summed E-state index contributed by atoms with van der Waals surface area (Å²) in [7, 11) is 0. The maximum Gasteiger partial charge on any atom is 0.191 e. The zero-order valence-corrected chi connectivity index (χ0v) is 18.6. The molecule has 1 aliphatic carbocycles. The van der Waals surface area contributed by atoms with E-state index in [9.17, 15) is 0 Å². The van der Waals surface area contributed by atoms with E-state index in [1.54, 1.807) is 6.33 Å². The van der Waals surface area contributed by atoms with Gasteiger partial charge < -0.3 is 19.9 Å². The molecule has 1 aromatic rings. The summed E-state index contributed by atoms with van der Waals surface area (Å²) in [6.45, 7) is 8.04. The minimum absolute atomic E-state index is 0. The van der Waals surface area contributed by atoms with Gasteiger partial charge in [0.25, 0.3) is 0 Å². The molecule has 0 bridgehead atoms. The Balaban J connectivity index is 0.00000338. The molecule has 8 heteroatoms. The van der Waals surface area contributed by atoms with E-state index in [-0.39, 0.29) is 24.0 Å². The number of halogens is 1. The van der Waals surface area contributed by atoms with Gasteiger partial charge in [0.2, 0.25) is 0 Å². The van der Waals surface area contributed by atoms with Crippen molar-refractivity contribution in [3.05, 3.63) is 12.2 Å². The van der Waals surface area contributed by atoms with Crippen molar-refractivity contribution in [2.45, 2.75) is 71.4 Å². The highest BCUT2D eigenvalue weighted by Gasteiger charge is 2.11. The number of nitrogens with one attached hydrogen (secondary N) is 2. The minimum Gasteiger partial charge on any atom is -0.376 e. The van der Waals surface area contributed by atoms with Crippen LogP contribution < -0.4 is 10.6 Å². The molecular weight excluding hydrogens is 443 g/mol. The number of aliphatic imine (C=N–C) groups is 1. The van der Waals surface area contributed by atoms with E-state index in [0.717, 1.165) is 37.8 Å². The summed E-state index contributed by atoms with van der Waals surface area (Å²) in [5, 5.41) is 14.7. The highest BCUT2D eigenvalue weighted by atomic mass is 127. The molecule has 1 saturated carbocycles. The Hall–Kier alpha value is -0.900. The van der Waals surface area contributed by atoms with Gasteiger partial charge in [-0.25, -0.2) is 0 Å². The van der Waals surface area contributed by atoms with Gasteiger partial charge in [-0.1, -0.05) is 32.6 Å². The monoisotopic (exact) mass is 478 g/mol. The van der Waals surface area contributed by atoms with Gasteiger partial charge in [-0.2, -0.15) is 0 Å². The Kier molecular flexibility index (Phi) is 12.6. The Labute approximate surface area is 174 Å².